The molecule has 124 valence electrons. The Bertz CT molecular complexity index is 479. The van der Waals surface area contributed by atoms with Crippen molar-refractivity contribution >= 4 is 5.91 Å². The Morgan fingerprint density at radius 3 is 2.77 bits per heavy atom. The molecule has 0 aromatic heterocycles. The van der Waals surface area contributed by atoms with E-state index in [2.05, 4.69) is 6.58 Å². The fourth-order valence-corrected chi connectivity index (χ4v) is 2.96. The number of hydrogen-bond acceptors (Lipinski definition) is 6. The number of rotatable bonds is 5. The molecular formula is C15H24N2O5. The average molecular weight is 312 g/mol. The maximum Gasteiger partial charge on any atom is 0.223 e. The second-order valence-corrected chi connectivity index (χ2v) is 5.89. The molecule has 0 spiro atoms. The van der Waals surface area contributed by atoms with Gasteiger partial charge in [-0.15, -0.1) is 0 Å². The fraction of sp³-hybridized carbons (Fsp3) is 0.667. The van der Waals surface area contributed by atoms with Gasteiger partial charge in [-0.05, 0) is 25.0 Å². The number of likely N-dealkylation sites (tertiary alicyclic amines) is 1. The van der Waals surface area contributed by atoms with Crippen molar-refractivity contribution in [2.24, 2.45) is 5.73 Å². The highest BCUT2D eigenvalue weighted by Gasteiger charge is 2.45. The zero-order valence-corrected chi connectivity index (χ0v) is 12.7. The summed E-state index contributed by atoms with van der Waals surface area (Å²) in [5.41, 5.74) is 6.81. The molecule has 0 aliphatic carbocycles. The second-order valence-electron chi connectivity index (χ2n) is 5.89. The van der Waals surface area contributed by atoms with Gasteiger partial charge in [0.1, 0.15) is 24.1 Å². The van der Waals surface area contributed by atoms with Crippen LogP contribution in [0.3, 0.4) is 0 Å². The van der Waals surface area contributed by atoms with Gasteiger partial charge in [0, 0.05) is 13.0 Å². The Kier molecular flexibility index (Phi) is 5.23. The van der Waals surface area contributed by atoms with Gasteiger partial charge in [0.05, 0.1) is 18.7 Å². The summed E-state index contributed by atoms with van der Waals surface area (Å²) in [6.45, 7) is 5.46. The third-order valence-corrected chi connectivity index (χ3v) is 4.15. The van der Waals surface area contributed by atoms with Gasteiger partial charge in [-0.2, -0.15) is 0 Å². The van der Waals surface area contributed by atoms with Crippen molar-refractivity contribution in [1.82, 2.24) is 4.90 Å². The molecule has 7 nitrogen and oxygen atoms in total. The molecule has 1 saturated heterocycles. The lowest BCUT2D eigenvalue weighted by atomic mass is 9.91. The van der Waals surface area contributed by atoms with Crippen molar-refractivity contribution in [3.05, 3.63) is 24.0 Å². The summed E-state index contributed by atoms with van der Waals surface area (Å²) in [5.74, 6) is 0.386. The minimum Gasteiger partial charge on any atom is -0.485 e. The van der Waals surface area contributed by atoms with Crippen LogP contribution in [0.1, 0.15) is 19.8 Å². The number of amides is 1. The van der Waals surface area contributed by atoms with Crippen LogP contribution in [0.2, 0.25) is 0 Å². The SMILES string of the molecule is C=C(C)C1=C[C@H](N)[C@@H](N2CCCC2=O)[C@H]([C@H](O)[C@H](O)CO)O1. The molecule has 0 aromatic rings. The van der Waals surface area contributed by atoms with Gasteiger partial charge in [0.15, 0.2) is 0 Å². The number of allylic oxidation sites excluding steroid dienone is 1. The number of hydrogen-bond donors (Lipinski definition) is 4. The second kappa shape index (κ2) is 6.78. The number of ether oxygens (including phenoxy) is 1. The maximum atomic E-state index is 12.0. The fourth-order valence-electron chi connectivity index (χ4n) is 2.96. The first kappa shape index (κ1) is 17.0. The number of aliphatic hydroxyl groups is 3. The molecule has 0 saturated carbocycles. The molecule has 22 heavy (non-hydrogen) atoms. The quantitative estimate of drug-likeness (QED) is 0.511. The average Bonchev–Trinajstić information content (AvgIpc) is 2.90. The number of carbonyl (C=O) groups is 1. The van der Waals surface area contributed by atoms with E-state index in [0.29, 0.717) is 24.3 Å². The van der Waals surface area contributed by atoms with E-state index in [1.54, 1.807) is 17.9 Å². The zero-order chi connectivity index (χ0) is 16.4. The van der Waals surface area contributed by atoms with Crippen LogP contribution in [0.15, 0.2) is 24.0 Å². The number of aliphatic hydroxyl groups excluding tert-OH is 3. The van der Waals surface area contributed by atoms with Crippen LogP contribution in [0, 0.1) is 0 Å². The normalized spacial score (nSPS) is 31.5. The molecule has 0 unspecified atom stereocenters. The molecule has 0 bridgehead atoms. The number of nitrogens with zero attached hydrogens (tertiary/aromatic N) is 1. The first-order valence-electron chi connectivity index (χ1n) is 7.43. The Labute approximate surface area is 129 Å². The van der Waals surface area contributed by atoms with Crippen molar-refractivity contribution in [2.75, 3.05) is 13.2 Å². The summed E-state index contributed by atoms with van der Waals surface area (Å²) in [6, 6.07) is -1.14. The smallest absolute Gasteiger partial charge is 0.223 e. The standard InChI is InChI=1S/C15H24N2O5/c1-8(2)11-6-9(16)13(17-5-3-4-12(17)20)15(22-11)14(21)10(19)7-18/h6,9-10,13-15,18-19,21H,1,3-5,7,16H2,2H3/t9-,10+,13+,14+,15+/m0/s1. The molecular weight excluding hydrogens is 288 g/mol. The predicted octanol–water partition coefficient (Wildman–Crippen LogP) is -1.12. The minimum absolute atomic E-state index is 0.0492. The summed E-state index contributed by atoms with van der Waals surface area (Å²) < 4.78 is 5.74. The predicted molar refractivity (Wildman–Crippen MR) is 79.6 cm³/mol. The van der Waals surface area contributed by atoms with Crippen LogP contribution in [-0.2, 0) is 9.53 Å². The van der Waals surface area contributed by atoms with Crippen LogP contribution in [0.25, 0.3) is 0 Å². The van der Waals surface area contributed by atoms with Crippen molar-refractivity contribution in [3.63, 3.8) is 0 Å². The monoisotopic (exact) mass is 312 g/mol. The Morgan fingerprint density at radius 2 is 2.27 bits per heavy atom. The van der Waals surface area contributed by atoms with Gasteiger partial charge in [-0.25, -0.2) is 0 Å². The van der Waals surface area contributed by atoms with E-state index >= 15 is 0 Å². The molecule has 0 radical (unpaired) electrons. The van der Waals surface area contributed by atoms with Crippen molar-refractivity contribution < 1.29 is 24.9 Å². The van der Waals surface area contributed by atoms with E-state index < -0.39 is 37.0 Å². The lowest BCUT2D eigenvalue weighted by Crippen LogP contribution is -2.62. The van der Waals surface area contributed by atoms with Gasteiger partial charge in [-0.1, -0.05) is 6.58 Å². The Hall–Kier alpha value is -1.41. The lowest BCUT2D eigenvalue weighted by molar-refractivity contribution is -0.143. The van der Waals surface area contributed by atoms with Gasteiger partial charge >= 0.3 is 0 Å². The van der Waals surface area contributed by atoms with Crippen LogP contribution in [0.5, 0.6) is 0 Å². The van der Waals surface area contributed by atoms with Gasteiger partial charge < -0.3 is 30.7 Å². The summed E-state index contributed by atoms with van der Waals surface area (Å²) in [4.78, 5) is 13.6. The molecule has 0 aromatic carbocycles. The van der Waals surface area contributed by atoms with E-state index in [0.717, 1.165) is 6.42 Å². The summed E-state index contributed by atoms with van der Waals surface area (Å²) in [5, 5.41) is 29.1. The first-order chi connectivity index (χ1) is 10.4. The highest BCUT2D eigenvalue weighted by Crippen LogP contribution is 2.30. The molecule has 2 rings (SSSR count). The van der Waals surface area contributed by atoms with E-state index in [1.807, 2.05) is 0 Å². The van der Waals surface area contributed by atoms with Crippen molar-refractivity contribution in [2.45, 2.75) is 50.2 Å². The molecule has 1 amide bonds. The van der Waals surface area contributed by atoms with Crippen LogP contribution in [-0.4, -0.2) is 69.7 Å². The van der Waals surface area contributed by atoms with Crippen LogP contribution in [0.4, 0.5) is 0 Å². The Morgan fingerprint density at radius 1 is 1.59 bits per heavy atom. The highest BCUT2D eigenvalue weighted by molar-refractivity contribution is 5.78. The van der Waals surface area contributed by atoms with E-state index in [4.69, 9.17) is 15.6 Å². The molecule has 2 aliphatic heterocycles. The zero-order valence-electron chi connectivity index (χ0n) is 12.7. The molecule has 5 N–H and O–H groups in total. The summed E-state index contributed by atoms with van der Waals surface area (Å²) in [6.07, 6.45) is -0.821. The van der Waals surface area contributed by atoms with E-state index in [1.165, 1.54) is 0 Å². The summed E-state index contributed by atoms with van der Waals surface area (Å²) in [7, 11) is 0. The first-order valence-corrected chi connectivity index (χ1v) is 7.43. The number of carbonyl (C=O) groups excluding carboxylic acids is 1. The maximum absolute atomic E-state index is 12.0. The highest BCUT2D eigenvalue weighted by atomic mass is 16.5. The van der Waals surface area contributed by atoms with E-state index in [-0.39, 0.29) is 5.91 Å². The molecule has 7 heteroatoms. The molecule has 2 heterocycles. The molecule has 2 aliphatic rings. The third-order valence-electron chi connectivity index (χ3n) is 4.15. The lowest BCUT2D eigenvalue weighted by Gasteiger charge is -2.43. The third kappa shape index (κ3) is 3.17. The van der Waals surface area contributed by atoms with Crippen molar-refractivity contribution in [3.8, 4) is 0 Å². The van der Waals surface area contributed by atoms with Gasteiger partial charge in [-0.3, -0.25) is 4.79 Å². The van der Waals surface area contributed by atoms with Crippen LogP contribution < -0.4 is 5.73 Å². The van der Waals surface area contributed by atoms with Gasteiger partial charge in [0.25, 0.3) is 0 Å². The van der Waals surface area contributed by atoms with Crippen LogP contribution >= 0.6 is 0 Å². The number of nitrogens with two attached hydrogens (primary N) is 1. The van der Waals surface area contributed by atoms with Gasteiger partial charge in [0.2, 0.25) is 5.91 Å². The van der Waals surface area contributed by atoms with E-state index in [9.17, 15) is 15.0 Å². The Balaban J connectivity index is 2.33. The summed E-state index contributed by atoms with van der Waals surface area (Å²) >= 11 is 0. The molecule has 5 atom stereocenters. The topological polar surface area (TPSA) is 116 Å². The molecule has 1 fully saturated rings. The van der Waals surface area contributed by atoms with Crippen molar-refractivity contribution in [1.29, 1.82) is 0 Å². The largest absolute Gasteiger partial charge is 0.485 e. The minimum atomic E-state index is -1.37.